The van der Waals surface area contributed by atoms with Crippen LogP contribution in [0, 0.1) is 6.92 Å². The minimum Gasteiger partial charge on any atom is -0.489 e. The van der Waals surface area contributed by atoms with Crippen LogP contribution < -0.4 is 4.74 Å². The molecule has 3 rings (SSSR count). The van der Waals surface area contributed by atoms with Crippen molar-refractivity contribution < 1.29 is 13.6 Å². The minimum absolute atomic E-state index is 0.210. The summed E-state index contributed by atoms with van der Waals surface area (Å²) in [6, 6.07) is 21.4. The van der Waals surface area contributed by atoms with Gasteiger partial charge in [-0.3, -0.25) is 0 Å². The van der Waals surface area contributed by atoms with Crippen molar-refractivity contribution in [3.05, 3.63) is 87.4 Å². The average Bonchev–Trinajstić information content (AvgIpc) is 2.84. The third-order valence-electron chi connectivity index (χ3n) is 6.85. The smallest absolute Gasteiger partial charge is 0.168 e. The van der Waals surface area contributed by atoms with Crippen LogP contribution in [0.25, 0.3) is 11.1 Å². The van der Waals surface area contributed by atoms with Crippen LogP contribution in [0.15, 0.2) is 65.1 Å². The molecular weight excluding hydrogens is 592 g/mol. The number of aryl methyl sites for hydroxylation is 1. The Kier molecular flexibility index (Phi) is 10.4. The molecule has 3 nitrogen and oxygen atoms in total. The summed E-state index contributed by atoms with van der Waals surface area (Å²) in [5, 5.41) is 0.432. The van der Waals surface area contributed by atoms with Gasteiger partial charge in [0.15, 0.2) is 19.5 Å². The predicted octanol–water partition coefficient (Wildman–Crippen LogP) is 9.11. The molecule has 0 saturated carbocycles. The third-order valence-corrected chi connectivity index (χ3v) is 10.8. The number of rotatable bonds is 10. The highest BCUT2D eigenvalue weighted by molar-refractivity contribution is 9.10. The summed E-state index contributed by atoms with van der Waals surface area (Å²) in [5.74, 6) is 0.862. The summed E-state index contributed by atoms with van der Waals surface area (Å²) < 4.78 is 20.8. The SMILES string of the molecule is Cc1cc(Br)ccc1-c1cccc(OCc2ccc(C(C)(C)O[SiH2]C(C)(C)C)c(C(C)(C)O[SiH2]C(C)(C)C)c2)c1. The van der Waals surface area contributed by atoms with Crippen LogP contribution in [0.3, 0.4) is 0 Å². The van der Waals surface area contributed by atoms with Gasteiger partial charge < -0.3 is 13.6 Å². The first-order valence-corrected chi connectivity index (χ1v) is 17.6. The van der Waals surface area contributed by atoms with Gasteiger partial charge in [0.05, 0.1) is 11.2 Å². The number of hydrogen-bond acceptors (Lipinski definition) is 3. The Labute approximate surface area is 256 Å². The molecule has 0 aliphatic rings. The van der Waals surface area contributed by atoms with Crippen molar-refractivity contribution in [1.29, 1.82) is 0 Å². The van der Waals surface area contributed by atoms with E-state index in [1.807, 2.05) is 6.07 Å². The fourth-order valence-corrected chi connectivity index (χ4v) is 6.90. The molecule has 3 aromatic carbocycles. The summed E-state index contributed by atoms with van der Waals surface area (Å²) in [4.78, 5) is 0. The molecule has 0 fully saturated rings. The Bertz CT molecular complexity index is 1300. The van der Waals surface area contributed by atoms with Gasteiger partial charge in [-0.2, -0.15) is 0 Å². The summed E-state index contributed by atoms with van der Waals surface area (Å²) in [7, 11) is -1.50. The van der Waals surface area contributed by atoms with Gasteiger partial charge in [0.2, 0.25) is 0 Å². The topological polar surface area (TPSA) is 27.7 Å². The average molecular weight is 642 g/mol. The Morgan fingerprint density at radius 1 is 0.675 bits per heavy atom. The van der Waals surface area contributed by atoms with Crippen LogP contribution in [0.1, 0.15) is 91.5 Å². The molecule has 0 unspecified atom stereocenters. The normalized spacial score (nSPS) is 13.6. The van der Waals surface area contributed by atoms with E-state index in [-0.39, 0.29) is 10.1 Å². The lowest BCUT2D eigenvalue weighted by atomic mass is 9.84. The zero-order valence-corrected chi connectivity index (χ0v) is 30.9. The van der Waals surface area contributed by atoms with Crippen LogP contribution in [0.2, 0.25) is 10.1 Å². The molecule has 0 radical (unpaired) electrons. The van der Waals surface area contributed by atoms with Crippen molar-refractivity contribution in [3.63, 3.8) is 0 Å². The Morgan fingerprint density at radius 3 is 1.85 bits per heavy atom. The molecule has 0 aliphatic carbocycles. The number of hydrogen-bond donors (Lipinski definition) is 0. The van der Waals surface area contributed by atoms with E-state index in [1.54, 1.807) is 0 Å². The van der Waals surface area contributed by atoms with E-state index in [9.17, 15) is 0 Å². The lowest BCUT2D eigenvalue weighted by Gasteiger charge is -2.38. The van der Waals surface area contributed by atoms with Gasteiger partial charge in [0, 0.05) is 4.47 Å². The highest BCUT2D eigenvalue weighted by Crippen LogP contribution is 2.39. The predicted molar refractivity (Wildman–Crippen MR) is 180 cm³/mol. The molecule has 6 heteroatoms. The van der Waals surface area contributed by atoms with E-state index >= 15 is 0 Å². The van der Waals surface area contributed by atoms with Gasteiger partial charge in [-0.1, -0.05) is 87.8 Å². The van der Waals surface area contributed by atoms with Gasteiger partial charge in [-0.15, -0.1) is 0 Å². The summed E-state index contributed by atoms with van der Waals surface area (Å²) >= 11 is 3.57. The maximum Gasteiger partial charge on any atom is 0.168 e. The van der Waals surface area contributed by atoms with Gasteiger partial charge in [-0.05, 0) is 108 Å². The van der Waals surface area contributed by atoms with Crippen molar-refractivity contribution in [2.24, 2.45) is 0 Å². The van der Waals surface area contributed by atoms with E-state index in [4.69, 9.17) is 13.6 Å². The maximum absolute atomic E-state index is 6.71. The second-order valence-electron chi connectivity index (χ2n) is 14.4. The van der Waals surface area contributed by atoms with Crippen molar-refractivity contribution in [2.75, 3.05) is 0 Å². The molecule has 218 valence electrons. The van der Waals surface area contributed by atoms with Gasteiger partial charge in [0.1, 0.15) is 12.4 Å². The molecule has 0 aromatic heterocycles. The largest absolute Gasteiger partial charge is 0.489 e. The van der Waals surface area contributed by atoms with E-state index in [2.05, 4.69) is 147 Å². The molecule has 0 bridgehead atoms. The van der Waals surface area contributed by atoms with E-state index in [0.717, 1.165) is 21.3 Å². The van der Waals surface area contributed by atoms with E-state index in [1.165, 1.54) is 22.3 Å². The van der Waals surface area contributed by atoms with Crippen molar-refractivity contribution in [2.45, 2.75) is 104 Å². The van der Waals surface area contributed by atoms with E-state index < -0.39 is 30.7 Å². The Hall–Kier alpha value is -1.71. The number of halogens is 1. The van der Waals surface area contributed by atoms with Crippen molar-refractivity contribution >= 4 is 35.5 Å². The maximum atomic E-state index is 6.71. The molecule has 0 atom stereocenters. The van der Waals surface area contributed by atoms with Crippen LogP contribution in [-0.2, 0) is 26.7 Å². The van der Waals surface area contributed by atoms with Crippen LogP contribution >= 0.6 is 15.9 Å². The fourth-order valence-electron chi connectivity index (χ4n) is 4.52. The first-order valence-electron chi connectivity index (χ1n) is 14.3. The van der Waals surface area contributed by atoms with Crippen LogP contribution in [-0.4, -0.2) is 19.5 Å². The first-order chi connectivity index (χ1) is 18.4. The van der Waals surface area contributed by atoms with E-state index in [0.29, 0.717) is 6.61 Å². The number of ether oxygens (including phenoxy) is 1. The zero-order chi connectivity index (χ0) is 29.9. The first kappa shape index (κ1) is 32.8. The molecule has 0 spiro atoms. The molecule has 0 N–H and O–H groups in total. The Morgan fingerprint density at radius 2 is 1.27 bits per heavy atom. The molecule has 3 aromatic rings. The van der Waals surface area contributed by atoms with Crippen LogP contribution in [0.4, 0.5) is 0 Å². The van der Waals surface area contributed by atoms with Crippen molar-refractivity contribution in [1.82, 2.24) is 0 Å². The standard InChI is InChI=1S/C34H49BrO3Si2/c1-23-19-26(35)16-17-28(23)25-13-12-14-27(21-25)36-22-24-15-18-29(33(8,9)37-39-31(2,3)4)30(20-24)34(10,11)38-40-32(5,6)7/h12-21H,22,39-40H2,1-11H3. The summed E-state index contributed by atoms with van der Waals surface area (Å²) in [6.07, 6.45) is 0. The third kappa shape index (κ3) is 9.42. The number of benzene rings is 3. The van der Waals surface area contributed by atoms with Gasteiger partial charge >= 0.3 is 0 Å². The van der Waals surface area contributed by atoms with Gasteiger partial charge in [0.25, 0.3) is 0 Å². The highest BCUT2D eigenvalue weighted by Gasteiger charge is 2.34. The fraction of sp³-hybridized carbons (Fsp3) is 0.471. The van der Waals surface area contributed by atoms with Crippen LogP contribution in [0.5, 0.6) is 5.75 Å². The second kappa shape index (κ2) is 12.7. The van der Waals surface area contributed by atoms with Crippen molar-refractivity contribution in [3.8, 4) is 16.9 Å². The summed E-state index contributed by atoms with van der Waals surface area (Å²) in [6.45, 7) is 25.1. The zero-order valence-electron chi connectivity index (χ0n) is 26.5. The Balaban J connectivity index is 1.91. The molecule has 40 heavy (non-hydrogen) atoms. The summed E-state index contributed by atoms with van der Waals surface area (Å²) in [5.41, 5.74) is 6.30. The quantitative estimate of drug-likeness (QED) is 0.207. The lowest BCUT2D eigenvalue weighted by Crippen LogP contribution is -2.34. The van der Waals surface area contributed by atoms with Gasteiger partial charge in [-0.25, -0.2) is 0 Å². The highest BCUT2D eigenvalue weighted by atomic mass is 79.9. The minimum atomic E-state index is -0.760. The molecule has 0 saturated heterocycles. The molecule has 0 heterocycles. The molecule has 0 amide bonds. The molecule has 0 aliphatic heterocycles. The monoisotopic (exact) mass is 640 g/mol. The lowest BCUT2D eigenvalue weighted by molar-refractivity contribution is 0.0828. The molecular formula is C34H49BrO3Si2. The second-order valence-corrected chi connectivity index (χ2v) is 20.7.